The van der Waals surface area contributed by atoms with Crippen molar-refractivity contribution in [1.82, 2.24) is 0 Å². The summed E-state index contributed by atoms with van der Waals surface area (Å²) in [6.45, 7) is 0. The summed E-state index contributed by atoms with van der Waals surface area (Å²) in [5.41, 5.74) is 3.37. The molecule has 0 atom stereocenters. The maximum atomic E-state index is 10.2. The molecule has 0 N–H and O–H groups in total. The molecule has 2 aromatic carbocycles. The van der Waals surface area contributed by atoms with Gasteiger partial charge in [-0.15, -0.1) is 6.42 Å². The van der Waals surface area contributed by atoms with Crippen LogP contribution in [0.15, 0.2) is 54.6 Å². The lowest BCUT2D eigenvalue weighted by Crippen LogP contribution is -1.85. The molecule has 0 radical (unpaired) electrons. The fourth-order valence-corrected chi connectivity index (χ4v) is 1.53. The molecule has 0 aliphatic carbocycles. The molecule has 0 saturated carbocycles. The predicted molar refractivity (Wildman–Crippen MR) is 61.3 cm³/mol. The van der Waals surface area contributed by atoms with Gasteiger partial charge >= 0.3 is 0 Å². The second kappa shape index (κ2) is 4.56. The van der Waals surface area contributed by atoms with E-state index < -0.39 is 0 Å². The Labute approximate surface area is 89.4 Å². The Kier molecular flexibility index (Phi) is 2.93. The Morgan fingerprint density at radius 2 is 1.40 bits per heavy atom. The fraction of sp³-hybridized carbons (Fsp3) is 0.0714. The number of rotatable bonds is 3. The van der Waals surface area contributed by atoms with Crippen LogP contribution in [0.2, 0.25) is 0 Å². The molecule has 0 saturated heterocycles. The highest BCUT2D eigenvalue weighted by Gasteiger charge is 1.94. The van der Waals surface area contributed by atoms with Gasteiger partial charge in [-0.25, -0.2) is 0 Å². The third kappa shape index (κ3) is 2.32. The summed E-state index contributed by atoms with van der Waals surface area (Å²) in [4.78, 5) is 10.2. The number of hydrogen-bond acceptors (Lipinski definition) is 1. The summed E-state index contributed by atoms with van der Waals surface area (Å²) in [6.07, 6.45) is 2.26. The first-order valence-electron chi connectivity index (χ1n) is 4.89. The Morgan fingerprint density at radius 1 is 0.800 bits per heavy atom. The van der Waals surface area contributed by atoms with Gasteiger partial charge in [0.1, 0.15) is 0 Å². The van der Waals surface area contributed by atoms with Gasteiger partial charge < -0.3 is 4.79 Å². The topological polar surface area (TPSA) is 17.1 Å². The van der Waals surface area contributed by atoms with Crippen LogP contribution in [0.3, 0.4) is 0 Å². The highest BCUT2D eigenvalue weighted by molar-refractivity contribution is 5.64. The molecule has 1 heteroatoms. The summed E-state index contributed by atoms with van der Waals surface area (Å²) in [5, 5.41) is 0. The van der Waals surface area contributed by atoms with Gasteiger partial charge in [0.05, 0.1) is 0 Å². The van der Waals surface area contributed by atoms with Crippen molar-refractivity contribution in [3.05, 3.63) is 60.2 Å². The molecule has 1 nitrogen and oxygen atoms in total. The maximum Gasteiger partial charge on any atom is -0.0184 e. The van der Waals surface area contributed by atoms with Gasteiger partial charge in [0.15, 0.2) is 0 Å². The highest BCUT2D eigenvalue weighted by Crippen LogP contribution is 2.18. The Balaban J connectivity index is 2.28. The summed E-state index contributed by atoms with van der Waals surface area (Å²) in [7, 11) is 0. The van der Waals surface area contributed by atoms with Crippen LogP contribution in [0, 0.1) is 0 Å². The van der Waals surface area contributed by atoms with E-state index in [1.807, 2.05) is 48.8 Å². The zero-order valence-electron chi connectivity index (χ0n) is 8.31. The largest absolute Gasteiger partial charge is 0.541 e. The summed E-state index contributed by atoms with van der Waals surface area (Å²) in [6, 6.07) is 18.2. The summed E-state index contributed by atoms with van der Waals surface area (Å²) >= 11 is 0. The van der Waals surface area contributed by atoms with Crippen molar-refractivity contribution in [1.29, 1.82) is 0 Å². The molecule has 0 amide bonds. The van der Waals surface area contributed by atoms with Crippen molar-refractivity contribution in [3.8, 4) is 11.1 Å². The molecule has 15 heavy (non-hydrogen) atoms. The van der Waals surface area contributed by atoms with Crippen LogP contribution in [-0.2, 0) is 11.2 Å². The summed E-state index contributed by atoms with van der Waals surface area (Å²) < 4.78 is 0. The fourth-order valence-electron chi connectivity index (χ4n) is 1.53. The van der Waals surface area contributed by atoms with E-state index in [9.17, 15) is 4.79 Å². The van der Waals surface area contributed by atoms with Gasteiger partial charge in [0.25, 0.3) is 0 Å². The van der Waals surface area contributed by atoms with E-state index >= 15 is 0 Å². The number of hydrogen-bond donors (Lipinski definition) is 0. The van der Waals surface area contributed by atoms with Crippen molar-refractivity contribution >= 4 is 6.29 Å². The zero-order chi connectivity index (χ0) is 10.5. The maximum absolute atomic E-state index is 10.2. The molecule has 0 fully saturated rings. The third-order valence-corrected chi connectivity index (χ3v) is 2.34. The lowest BCUT2D eigenvalue weighted by Gasteiger charge is -2.04. The van der Waals surface area contributed by atoms with E-state index in [0.29, 0.717) is 6.42 Å². The number of benzene rings is 2. The van der Waals surface area contributed by atoms with E-state index in [2.05, 4.69) is 12.1 Å². The molecule has 0 aliphatic rings. The number of carbonyl (C=O) groups excluding carboxylic acids is 1. The van der Waals surface area contributed by atoms with E-state index in [-0.39, 0.29) is 0 Å². The van der Waals surface area contributed by atoms with Gasteiger partial charge in [-0.05, 0) is 11.1 Å². The minimum Gasteiger partial charge on any atom is -0.541 e. The molecule has 2 rings (SSSR count). The lowest BCUT2D eigenvalue weighted by atomic mass is 10.0. The minimum absolute atomic E-state index is 0.370. The van der Waals surface area contributed by atoms with Crippen LogP contribution in [0.4, 0.5) is 0 Å². The highest BCUT2D eigenvalue weighted by atomic mass is 16.1. The standard InChI is InChI=1S/C14H11O/c15-11-10-12-6-8-14(9-7-12)13-4-2-1-3-5-13/h1-9H,10H2/q-1. The van der Waals surface area contributed by atoms with Crippen molar-refractivity contribution in [3.63, 3.8) is 0 Å². The average molecular weight is 195 g/mol. The molecule has 0 aromatic heterocycles. The Morgan fingerprint density at radius 3 is 2.00 bits per heavy atom. The second-order valence-electron chi connectivity index (χ2n) is 3.38. The van der Waals surface area contributed by atoms with Gasteiger partial charge in [-0.1, -0.05) is 60.2 Å². The Hall–Kier alpha value is -1.89. The van der Waals surface area contributed by atoms with E-state index in [4.69, 9.17) is 0 Å². The molecule has 0 spiro atoms. The Bertz CT molecular complexity index is 429. The van der Waals surface area contributed by atoms with E-state index in [1.165, 1.54) is 11.1 Å². The first-order chi connectivity index (χ1) is 7.40. The normalized spacial score (nSPS) is 9.87. The van der Waals surface area contributed by atoms with Gasteiger partial charge in [-0.3, -0.25) is 6.29 Å². The first kappa shape index (κ1) is 9.66. The average Bonchev–Trinajstić information content (AvgIpc) is 2.32. The van der Waals surface area contributed by atoms with Crippen molar-refractivity contribution in [2.75, 3.05) is 0 Å². The lowest BCUT2D eigenvalue weighted by molar-refractivity contribution is 0.555. The van der Waals surface area contributed by atoms with E-state index in [0.717, 1.165) is 5.56 Å². The second-order valence-corrected chi connectivity index (χ2v) is 3.38. The molecular formula is C14H11O-. The molecule has 0 bridgehead atoms. The van der Waals surface area contributed by atoms with Crippen LogP contribution in [-0.4, -0.2) is 6.29 Å². The van der Waals surface area contributed by atoms with Crippen molar-refractivity contribution < 1.29 is 4.79 Å². The molecule has 0 unspecified atom stereocenters. The molecular weight excluding hydrogens is 184 g/mol. The summed E-state index contributed by atoms with van der Waals surface area (Å²) in [5.74, 6) is 0. The van der Waals surface area contributed by atoms with Crippen molar-refractivity contribution in [2.24, 2.45) is 0 Å². The van der Waals surface area contributed by atoms with E-state index in [1.54, 1.807) is 0 Å². The first-order valence-corrected chi connectivity index (χ1v) is 4.89. The van der Waals surface area contributed by atoms with Gasteiger partial charge in [0.2, 0.25) is 0 Å². The van der Waals surface area contributed by atoms with Crippen LogP contribution in [0.25, 0.3) is 11.1 Å². The minimum atomic E-state index is 0.370. The van der Waals surface area contributed by atoms with Gasteiger partial charge in [-0.2, -0.15) is 0 Å². The van der Waals surface area contributed by atoms with Crippen LogP contribution >= 0.6 is 0 Å². The molecule has 0 aliphatic heterocycles. The van der Waals surface area contributed by atoms with Crippen molar-refractivity contribution in [2.45, 2.75) is 6.42 Å². The molecule has 74 valence electrons. The molecule has 0 heterocycles. The quantitative estimate of drug-likeness (QED) is 0.688. The smallest absolute Gasteiger partial charge is 0.0184 e. The van der Waals surface area contributed by atoms with Gasteiger partial charge in [0, 0.05) is 0 Å². The third-order valence-electron chi connectivity index (χ3n) is 2.34. The van der Waals surface area contributed by atoms with Crippen LogP contribution < -0.4 is 0 Å². The SMILES string of the molecule is O=[C-]Cc1ccc(-c2ccccc2)cc1. The monoisotopic (exact) mass is 195 g/mol. The van der Waals surface area contributed by atoms with Crippen LogP contribution in [0.5, 0.6) is 0 Å². The molecule has 2 aromatic rings. The predicted octanol–water partition coefficient (Wildman–Crippen LogP) is 3.01. The zero-order valence-corrected chi connectivity index (χ0v) is 8.31. The van der Waals surface area contributed by atoms with Crippen LogP contribution in [0.1, 0.15) is 5.56 Å².